The number of benzene rings is 2. The number of carbonyl (C=O) groups is 2. The van der Waals surface area contributed by atoms with E-state index in [4.69, 9.17) is 27.9 Å². The van der Waals surface area contributed by atoms with Crippen molar-refractivity contribution >= 4 is 35.1 Å². The molecule has 1 atom stereocenters. The molecule has 1 fully saturated rings. The average molecular weight is 517 g/mol. The molecule has 1 aliphatic heterocycles. The number of amides is 1. The van der Waals surface area contributed by atoms with Crippen molar-refractivity contribution in [1.29, 1.82) is 0 Å². The molecule has 1 unspecified atom stereocenters. The van der Waals surface area contributed by atoms with E-state index in [-0.39, 0.29) is 29.8 Å². The Bertz CT molecular complexity index is 1330. The van der Waals surface area contributed by atoms with E-state index in [2.05, 4.69) is 4.98 Å². The lowest BCUT2D eigenvalue weighted by atomic mass is 9.91. The Hall–Kier alpha value is -3.04. The van der Waals surface area contributed by atoms with Gasteiger partial charge in [-0.3, -0.25) is 14.7 Å². The molecule has 180 valence electrons. The van der Waals surface area contributed by atoms with E-state index in [1.165, 1.54) is 11.1 Å². The van der Waals surface area contributed by atoms with Crippen LogP contribution in [-0.4, -0.2) is 44.2 Å². The van der Waals surface area contributed by atoms with Gasteiger partial charge in [-0.2, -0.15) is 0 Å². The molecule has 2 aromatic carbocycles. The number of aromatic carboxylic acids is 1. The Morgan fingerprint density at radius 2 is 1.80 bits per heavy atom. The van der Waals surface area contributed by atoms with Crippen LogP contribution in [0, 0.1) is 5.82 Å². The number of hydrogen-bond acceptors (Lipinski definition) is 5. The summed E-state index contributed by atoms with van der Waals surface area (Å²) in [6.07, 6.45) is 2.43. The number of aromatic nitrogens is 1. The first-order valence-corrected chi connectivity index (χ1v) is 11.5. The van der Waals surface area contributed by atoms with Crippen LogP contribution in [0.25, 0.3) is 0 Å². The Morgan fingerprint density at radius 1 is 1.11 bits per heavy atom. The molecule has 35 heavy (non-hydrogen) atoms. The zero-order valence-electron chi connectivity index (χ0n) is 18.2. The highest BCUT2D eigenvalue weighted by Crippen LogP contribution is 2.49. The zero-order chi connectivity index (χ0) is 25.0. The maximum Gasteiger partial charge on any atom is 0.335 e. The molecule has 2 aliphatic rings. The van der Waals surface area contributed by atoms with Crippen LogP contribution < -0.4 is 0 Å². The number of carboxylic acids is 1. The lowest BCUT2D eigenvalue weighted by Gasteiger charge is -2.40. The van der Waals surface area contributed by atoms with Gasteiger partial charge in [0.2, 0.25) is 0 Å². The molecular weight excluding hydrogens is 498 g/mol. The number of pyridine rings is 1. The standard InChI is InChI=1S/C25H19Cl2FN2O5/c26-16-3-1-15(2-4-16)25(35-13-24(34)7-8-24)21-19(9-14(23(32)33)10-20(21)28)22(31)30(25)12-18-6-5-17(27)11-29-18/h1-6,9-11,34H,7-8,12-13H2,(H,32,33). The molecule has 0 radical (unpaired) electrons. The predicted molar refractivity (Wildman–Crippen MR) is 125 cm³/mol. The fraction of sp³-hybridized carbons (Fsp3) is 0.240. The second kappa shape index (κ2) is 8.57. The van der Waals surface area contributed by atoms with Crippen LogP contribution in [0.1, 0.15) is 50.4 Å². The van der Waals surface area contributed by atoms with Gasteiger partial charge in [-0.05, 0) is 49.2 Å². The Balaban J connectivity index is 1.74. The van der Waals surface area contributed by atoms with Crippen molar-refractivity contribution in [3.05, 3.63) is 98.5 Å². The summed E-state index contributed by atoms with van der Waals surface area (Å²) >= 11 is 12.1. The van der Waals surface area contributed by atoms with E-state index >= 15 is 4.39 Å². The minimum Gasteiger partial charge on any atom is -0.478 e. The van der Waals surface area contributed by atoms with Crippen molar-refractivity contribution in [3.8, 4) is 0 Å². The summed E-state index contributed by atoms with van der Waals surface area (Å²) in [5.41, 5.74) is -2.71. The van der Waals surface area contributed by atoms with E-state index in [0.29, 0.717) is 34.1 Å². The molecule has 10 heteroatoms. The molecule has 3 aromatic rings. The van der Waals surface area contributed by atoms with Gasteiger partial charge < -0.3 is 14.9 Å². The van der Waals surface area contributed by atoms with Crippen molar-refractivity contribution in [2.45, 2.75) is 30.7 Å². The molecule has 1 aliphatic carbocycles. The van der Waals surface area contributed by atoms with Gasteiger partial charge >= 0.3 is 5.97 Å². The molecule has 2 N–H and O–H groups in total. The number of carbonyl (C=O) groups excluding carboxylic acids is 1. The topological polar surface area (TPSA) is 100.0 Å². The van der Waals surface area contributed by atoms with Crippen molar-refractivity contribution in [3.63, 3.8) is 0 Å². The summed E-state index contributed by atoms with van der Waals surface area (Å²) in [5.74, 6) is -2.93. The summed E-state index contributed by atoms with van der Waals surface area (Å²) in [4.78, 5) is 30.9. The maximum atomic E-state index is 15.7. The van der Waals surface area contributed by atoms with E-state index in [1.807, 2.05) is 0 Å². The predicted octanol–water partition coefficient (Wildman–Crippen LogP) is 4.62. The first-order chi connectivity index (χ1) is 16.6. The number of aliphatic hydroxyl groups is 1. The minimum absolute atomic E-state index is 0.104. The monoisotopic (exact) mass is 516 g/mol. The van der Waals surface area contributed by atoms with E-state index in [0.717, 1.165) is 12.1 Å². The quantitative estimate of drug-likeness (QED) is 0.475. The summed E-state index contributed by atoms with van der Waals surface area (Å²) in [6.45, 7) is -0.277. The van der Waals surface area contributed by atoms with Crippen LogP contribution in [-0.2, 0) is 17.0 Å². The van der Waals surface area contributed by atoms with Gasteiger partial charge in [-0.15, -0.1) is 0 Å². The van der Waals surface area contributed by atoms with Gasteiger partial charge in [-0.25, -0.2) is 9.18 Å². The second-order valence-corrected chi connectivity index (χ2v) is 9.58. The smallest absolute Gasteiger partial charge is 0.335 e. The largest absolute Gasteiger partial charge is 0.478 e. The van der Waals surface area contributed by atoms with Crippen LogP contribution in [0.3, 0.4) is 0 Å². The van der Waals surface area contributed by atoms with Crippen molar-refractivity contribution < 1.29 is 28.9 Å². The van der Waals surface area contributed by atoms with E-state index in [9.17, 15) is 19.8 Å². The Labute approximate surface area is 209 Å². The highest BCUT2D eigenvalue weighted by Gasteiger charge is 2.56. The van der Waals surface area contributed by atoms with Crippen LogP contribution in [0.4, 0.5) is 4.39 Å². The van der Waals surface area contributed by atoms with Crippen LogP contribution >= 0.6 is 23.2 Å². The van der Waals surface area contributed by atoms with E-state index in [1.54, 1.807) is 36.4 Å². The molecule has 5 rings (SSSR count). The number of nitrogens with zero attached hydrogens (tertiary/aromatic N) is 2. The third-order valence-electron chi connectivity index (χ3n) is 6.25. The molecule has 0 saturated heterocycles. The number of rotatable bonds is 7. The summed E-state index contributed by atoms with van der Waals surface area (Å²) < 4.78 is 22.0. The van der Waals surface area contributed by atoms with Gasteiger partial charge in [0.25, 0.3) is 5.91 Å². The van der Waals surface area contributed by atoms with Crippen LogP contribution in [0.5, 0.6) is 0 Å². The summed E-state index contributed by atoms with van der Waals surface area (Å²) in [5, 5.41) is 20.8. The van der Waals surface area contributed by atoms with Crippen molar-refractivity contribution in [2.24, 2.45) is 0 Å². The average Bonchev–Trinajstić information content (AvgIpc) is 3.52. The normalized spacial score (nSPS) is 20.1. The Kier molecular flexibility index (Phi) is 5.80. The number of hydrogen-bond donors (Lipinski definition) is 2. The minimum atomic E-state index is -1.81. The van der Waals surface area contributed by atoms with Crippen molar-refractivity contribution in [1.82, 2.24) is 9.88 Å². The SMILES string of the molecule is O=C(O)c1cc(F)c2c(c1)C(=O)N(Cc1ccc(Cl)cn1)C2(OCC1(O)CC1)c1ccc(Cl)cc1. The fourth-order valence-corrected chi connectivity index (χ4v) is 4.49. The summed E-state index contributed by atoms with van der Waals surface area (Å²) in [7, 11) is 0. The first-order valence-electron chi connectivity index (χ1n) is 10.8. The van der Waals surface area contributed by atoms with Gasteiger partial charge in [0, 0.05) is 16.8 Å². The molecule has 1 aromatic heterocycles. The molecule has 1 amide bonds. The van der Waals surface area contributed by atoms with Gasteiger partial charge in [0.05, 0.1) is 46.2 Å². The molecule has 0 bridgehead atoms. The molecule has 7 nitrogen and oxygen atoms in total. The molecule has 1 saturated carbocycles. The Morgan fingerprint density at radius 3 is 2.40 bits per heavy atom. The summed E-state index contributed by atoms with van der Waals surface area (Å²) in [6, 6.07) is 11.6. The van der Waals surface area contributed by atoms with Crippen molar-refractivity contribution in [2.75, 3.05) is 6.61 Å². The number of halogens is 3. The first kappa shape index (κ1) is 23.7. The lowest BCUT2D eigenvalue weighted by Crippen LogP contribution is -2.48. The molecule has 0 spiro atoms. The van der Waals surface area contributed by atoms with Gasteiger partial charge in [0.15, 0.2) is 5.72 Å². The highest BCUT2D eigenvalue weighted by molar-refractivity contribution is 6.30. The van der Waals surface area contributed by atoms with Crippen LogP contribution in [0.15, 0.2) is 54.7 Å². The maximum absolute atomic E-state index is 15.7. The van der Waals surface area contributed by atoms with Gasteiger partial charge in [-0.1, -0.05) is 35.3 Å². The van der Waals surface area contributed by atoms with Crippen LogP contribution in [0.2, 0.25) is 10.0 Å². The second-order valence-electron chi connectivity index (χ2n) is 8.71. The van der Waals surface area contributed by atoms with Gasteiger partial charge in [0.1, 0.15) is 5.82 Å². The number of ether oxygens (including phenoxy) is 1. The third-order valence-corrected chi connectivity index (χ3v) is 6.73. The number of carboxylic acid groups (broad SMARTS) is 1. The molecular formula is C25H19Cl2FN2O5. The highest BCUT2D eigenvalue weighted by atomic mass is 35.5. The fourth-order valence-electron chi connectivity index (χ4n) is 4.25. The third kappa shape index (κ3) is 4.16. The lowest BCUT2D eigenvalue weighted by molar-refractivity contribution is -0.139. The number of fused-ring (bicyclic) bond motifs is 1. The zero-order valence-corrected chi connectivity index (χ0v) is 19.7. The molecule has 2 heterocycles. The van der Waals surface area contributed by atoms with E-state index < -0.39 is 29.0 Å².